The van der Waals surface area contributed by atoms with Gasteiger partial charge in [0.25, 0.3) is 5.56 Å². The summed E-state index contributed by atoms with van der Waals surface area (Å²) in [5.41, 5.74) is 1.64. The Morgan fingerprint density at radius 1 is 1.40 bits per heavy atom. The predicted molar refractivity (Wildman–Crippen MR) is 74.3 cm³/mol. The van der Waals surface area contributed by atoms with Gasteiger partial charge in [-0.25, -0.2) is 9.37 Å². The lowest BCUT2D eigenvalue weighted by molar-refractivity contribution is 0.186. The average molecular weight is 275 g/mol. The van der Waals surface area contributed by atoms with Crippen LogP contribution in [0.2, 0.25) is 0 Å². The molecule has 0 bridgehead atoms. The highest BCUT2D eigenvalue weighted by molar-refractivity contribution is 6.05. The third kappa shape index (κ3) is 1.80. The smallest absolute Gasteiger partial charge is 0.277 e. The van der Waals surface area contributed by atoms with Gasteiger partial charge in [0.2, 0.25) is 0 Å². The fraction of sp³-hybridized carbons (Fsp3) is 0.286. The van der Waals surface area contributed by atoms with Crippen LogP contribution in [0, 0.1) is 5.82 Å². The third-order valence-electron chi connectivity index (χ3n) is 3.46. The molecule has 0 saturated heterocycles. The van der Waals surface area contributed by atoms with E-state index in [9.17, 15) is 9.18 Å². The molecular weight excluding hydrogens is 261 g/mol. The molecule has 5 nitrogen and oxygen atoms in total. The Balaban J connectivity index is 2.35. The van der Waals surface area contributed by atoms with E-state index in [1.54, 1.807) is 24.8 Å². The Morgan fingerprint density at radius 3 is 2.95 bits per heavy atom. The van der Waals surface area contributed by atoms with Crippen molar-refractivity contribution in [3.8, 4) is 0 Å². The maximum absolute atomic E-state index is 13.4. The van der Waals surface area contributed by atoms with Crippen LogP contribution in [-0.2, 0) is 18.3 Å². The molecule has 0 aliphatic heterocycles. The maximum Gasteiger partial charge on any atom is 0.277 e. The van der Waals surface area contributed by atoms with E-state index in [2.05, 4.69) is 4.98 Å². The summed E-state index contributed by atoms with van der Waals surface area (Å²) < 4.78 is 21.6. The van der Waals surface area contributed by atoms with E-state index in [-0.39, 0.29) is 11.4 Å². The number of ether oxygens (including phenoxy) is 1. The van der Waals surface area contributed by atoms with Gasteiger partial charge in [-0.15, -0.1) is 0 Å². The first kappa shape index (κ1) is 12.8. The number of aromatic nitrogens is 3. The summed E-state index contributed by atoms with van der Waals surface area (Å²) >= 11 is 0. The maximum atomic E-state index is 13.4. The lowest BCUT2D eigenvalue weighted by atomic mass is 10.2. The molecule has 3 rings (SSSR count). The molecule has 2 aromatic heterocycles. The van der Waals surface area contributed by atoms with Crippen molar-refractivity contribution in [2.45, 2.75) is 6.54 Å². The average Bonchev–Trinajstić information content (AvgIpc) is 2.71. The van der Waals surface area contributed by atoms with E-state index >= 15 is 0 Å². The van der Waals surface area contributed by atoms with Crippen molar-refractivity contribution in [2.75, 3.05) is 13.7 Å². The summed E-state index contributed by atoms with van der Waals surface area (Å²) in [6, 6.07) is 4.44. The van der Waals surface area contributed by atoms with Gasteiger partial charge in [-0.3, -0.25) is 9.36 Å². The van der Waals surface area contributed by atoms with Crippen LogP contribution in [0.3, 0.4) is 0 Å². The minimum absolute atomic E-state index is 0.147. The van der Waals surface area contributed by atoms with Crippen molar-refractivity contribution in [2.24, 2.45) is 7.05 Å². The molecule has 0 aliphatic carbocycles. The highest BCUT2D eigenvalue weighted by Gasteiger charge is 2.14. The van der Waals surface area contributed by atoms with Gasteiger partial charge in [0, 0.05) is 19.5 Å². The Hall–Kier alpha value is -2.21. The monoisotopic (exact) mass is 275 g/mol. The minimum Gasteiger partial charge on any atom is -0.383 e. The zero-order valence-electron chi connectivity index (χ0n) is 11.3. The summed E-state index contributed by atoms with van der Waals surface area (Å²) in [5, 5.41) is 0.651. The molecule has 0 saturated carbocycles. The van der Waals surface area contributed by atoms with Crippen molar-refractivity contribution < 1.29 is 9.13 Å². The molecule has 0 unspecified atom stereocenters. The molecule has 0 N–H and O–H groups in total. The molecule has 1 aromatic carbocycles. The molecule has 2 heterocycles. The van der Waals surface area contributed by atoms with Crippen molar-refractivity contribution in [3.63, 3.8) is 0 Å². The van der Waals surface area contributed by atoms with E-state index in [0.717, 1.165) is 5.52 Å². The molecule has 0 atom stereocenters. The number of halogens is 1. The second kappa shape index (κ2) is 4.72. The number of aryl methyl sites for hydroxylation is 1. The van der Waals surface area contributed by atoms with Crippen LogP contribution in [0.1, 0.15) is 0 Å². The van der Waals surface area contributed by atoms with Crippen LogP contribution in [0.25, 0.3) is 21.9 Å². The summed E-state index contributed by atoms with van der Waals surface area (Å²) in [5.74, 6) is -0.338. The van der Waals surface area contributed by atoms with Gasteiger partial charge < -0.3 is 9.30 Å². The van der Waals surface area contributed by atoms with Gasteiger partial charge >= 0.3 is 0 Å². The standard InChI is InChI=1S/C14H14FN3O2/c1-17-11-4-3-9(15)7-10(11)12-13(17)14(19)18(8-16-12)5-6-20-2/h3-4,7-8H,5-6H2,1-2H3. The van der Waals surface area contributed by atoms with E-state index < -0.39 is 0 Å². The first-order valence-electron chi connectivity index (χ1n) is 6.25. The summed E-state index contributed by atoms with van der Waals surface area (Å²) in [4.78, 5) is 16.8. The van der Waals surface area contributed by atoms with E-state index in [4.69, 9.17) is 4.74 Å². The third-order valence-corrected chi connectivity index (χ3v) is 3.46. The molecular formula is C14H14FN3O2. The van der Waals surface area contributed by atoms with Gasteiger partial charge in [-0.2, -0.15) is 0 Å². The quantitative estimate of drug-likeness (QED) is 0.730. The second-order valence-electron chi connectivity index (χ2n) is 4.65. The number of hydrogen-bond donors (Lipinski definition) is 0. The number of methoxy groups -OCH3 is 1. The highest BCUT2D eigenvalue weighted by atomic mass is 19.1. The van der Waals surface area contributed by atoms with Crippen LogP contribution in [-0.4, -0.2) is 27.8 Å². The van der Waals surface area contributed by atoms with Gasteiger partial charge in [0.05, 0.1) is 25.0 Å². The molecule has 20 heavy (non-hydrogen) atoms. The van der Waals surface area contributed by atoms with Crippen LogP contribution < -0.4 is 5.56 Å². The van der Waals surface area contributed by atoms with E-state index in [1.165, 1.54) is 23.0 Å². The van der Waals surface area contributed by atoms with Gasteiger partial charge in [-0.05, 0) is 18.2 Å². The fourth-order valence-electron chi connectivity index (χ4n) is 2.44. The summed E-state index contributed by atoms with van der Waals surface area (Å²) in [6.07, 6.45) is 1.48. The molecule has 3 aromatic rings. The lowest BCUT2D eigenvalue weighted by Crippen LogP contribution is -2.23. The Bertz CT molecular complexity index is 851. The predicted octanol–water partition coefficient (Wildman–Crippen LogP) is 1.67. The molecule has 0 amide bonds. The SMILES string of the molecule is COCCn1cnc2c3cc(F)ccc3n(C)c2c1=O. The molecule has 104 valence electrons. The Labute approximate surface area is 114 Å². The van der Waals surface area contributed by atoms with E-state index in [0.29, 0.717) is 29.6 Å². The Kier molecular flexibility index (Phi) is 3.02. The van der Waals surface area contributed by atoms with Crippen molar-refractivity contribution in [1.82, 2.24) is 14.1 Å². The van der Waals surface area contributed by atoms with E-state index in [1.807, 2.05) is 0 Å². The van der Waals surface area contributed by atoms with Crippen LogP contribution in [0.15, 0.2) is 29.3 Å². The van der Waals surface area contributed by atoms with Crippen molar-refractivity contribution in [1.29, 1.82) is 0 Å². The number of rotatable bonds is 3. The molecule has 0 fully saturated rings. The fourth-order valence-corrected chi connectivity index (χ4v) is 2.44. The van der Waals surface area contributed by atoms with Gasteiger partial charge in [-0.1, -0.05) is 0 Å². The number of benzene rings is 1. The van der Waals surface area contributed by atoms with Crippen molar-refractivity contribution in [3.05, 3.63) is 40.7 Å². The zero-order chi connectivity index (χ0) is 14.3. The lowest BCUT2D eigenvalue weighted by Gasteiger charge is -2.04. The second-order valence-corrected chi connectivity index (χ2v) is 4.65. The highest BCUT2D eigenvalue weighted by Crippen LogP contribution is 2.24. The van der Waals surface area contributed by atoms with Gasteiger partial charge in [0.15, 0.2) is 0 Å². The summed E-state index contributed by atoms with van der Waals surface area (Å²) in [7, 11) is 3.36. The molecule has 6 heteroatoms. The molecule has 0 spiro atoms. The number of fused-ring (bicyclic) bond motifs is 3. The van der Waals surface area contributed by atoms with Crippen molar-refractivity contribution >= 4 is 21.9 Å². The molecule has 0 radical (unpaired) electrons. The zero-order valence-corrected chi connectivity index (χ0v) is 11.3. The van der Waals surface area contributed by atoms with Crippen LogP contribution in [0.5, 0.6) is 0 Å². The van der Waals surface area contributed by atoms with Crippen LogP contribution >= 0.6 is 0 Å². The Morgan fingerprint density at radius 2 is 2.20 bits per heavy atom. The normalized spacial score (nSPS) is 11.6. The topological polar surface area (TPSA) is 49.0 Å². The first-order chi connectivity index (χ1) is 9.63. The van der Waals surface area contributed by atoms with Crippen LogP contribution in [0.4, 0.5) is 4.39 Å². The number of nitrogens with zero attached hydrogens (tertiary/aromatic N) is 3. The molecule has 0 aliphatic rings. The number of hydrogen-bond acceptors (Lipinski definition) is 3. The van der Waals surface area contributed by atoms with Gasteiger partial charge in [0.1, 0.15) is 16.9 Å². The largest absolute Gasteiger partial charge is 0.383 e. The minimum atomic E-state index is -0.338. The first-order valence-corrected chi connectivity index (χ1v) is 6.25. The summed E-state index contributed by atoms with van der Waals surface area (Å²) in [6.45, 7) is 0.875.